The van der Waals surface area contributed by atoms with Gasteiger partial charge in [-0.1, -0.05) is 6.07 Å². The molecule has 7 nitrogen and oxygen atoms in total. The number of carboxylic acid groups (broad SMARTS) is 1. The molecular formula is C17H26N4O3. The molecule has 2 aliphatic rings. The van der Waals surface area contributed by atoms with Crippen LogP contribution in [0, 0.1) is 5.92 Å². The Morgan fingerprint density at radius 3 is 3.00 bits per heavy atom. The highest BCUT2D eigenvalue weighted by Crippen LogP contribution is 2.28. The Morgan fingerprint density at radius 2 is 2.29 bits per heavy atom. The van der Waals surface area contributed by atoms with Gasteiger partial charge in [-0.05, 0) is 30.9 Å². The van der Waals surface area contributed by atoms with Crippen LogP contribution in [0.2, 0.25) is 0 Å². The molecule has 3 atom stereocenters. The number of fused-ring (bicyclic) bond motifs is 1. The van der Waals surface area contributed by atoms with Gasteiger partial charge in [-0.25, -0.2) is 9.78 Å². The molecule has 2 heterocycles. The van der Waals surface area contributed by atoms with Crippen LogP contribution >= 0.6 is 0 Å². The fourth-order valence-corrected chi connectivity index (χ4v) is 3.80. The van der Waals surface area contributed by atoms with E-state index < -0.39 is 6.09 Å². The maximum atomic E-state index is 11.3. The van der Waals surface area contributed by atoms with Gasteiger partial charge in [-0.3, -0.25) is 0 Å². The van der Waals surface area contributed by atoms with Crippen LogP contribution in [0.3, 0.4) is 0 Å². The van der Waals surface area contributed by atoms with Crippen molar-refractivity contribution in [2.24, 2.45) is 11.7 Å². The van der Waals surface area contributed by atoms with Crippen molar-refractivity contribution in [3.8, 4) is 0 Å². The van der Waals surface area contributed by atoms with Gasteiger partial charge in [0.15, 0.2) is 0 Å². The average Bonchev–Trinajstić information content (AvgIpc) is 2.97. The Labute approximate surface area is 142 Å². The highest BCUT2D eigenvalue weighted by Gasteiger charge is 2.38. The quantitative estimate of drug-likeness (QED) is 0.852. The molecule has 0 spiro atoms. The van der Waals surface area contributed by atoms with Crippen LogP contribution in [0.5, 0.6) is 0 Å². The second-order valence-corrected chi connectivity index (χ2v) is 6.86. The summed E-state index contributed by atoms with van der Waals surface area (Å²) in [4.78, 5) is 19.7. The first kappa shape index (κ1) is 17.0. The number of pyridine rings is 1. The number of aryl methyl sites for hydroxylation is 1. The van der Waals surface area contributed by atoms with Gasteiger partial charge >= 0.3 is 6.09 Å². The van der Waals surface area contributed by atoms with Crippen molar-refractivity contribution in [3.63, 3.8) is 0 Å². The lowest BCUT2D eigenvalue weighted by atomic mass is 9.92. The fraction of sp³-hybridized carbons (Fsp3) is 0.647. The number of likely N-dealkylation sites (N-methyl/N-ethyl adjacent to an activating group) is 1. The topological polar surface area (TPSA) is 91.9 Å². The molecule has 3 N–H and O–H groups in total. The van der Waals surface area contributed by atoms with E-state index in [1.54, 1.807) is 14.2 Å². The van der Waals surface area contributed by atoms with Crippen LogP contribution in [-0.4, -0.2) is 67.0 Å². The Balaban J connectivity index is 1.79. The fourth-order valence-electron chi connectivity index (χ4n) is 3.80. The molecule has 7 heteroatoms. The average molecular weight is 334 g/mol. The van der Waals surface area contributed by atoms with Gasteiger partial charge in [0.1, 0.15) is 5.82 Å². The number of hydrogen-bond donors (Lipinski definition) is 2. The molecule has 3 rings (SSSR count). The molecule has 1 aromatic heterocycles. The van der Waals surface area contributed by atoms with E-state index in [2.05, 4.69) is 11.0 Å². The molecule has 132 valence electrons. The molecule has 2 unspecified atom stereocenters. The van der Waals surface area contributed by atoms with Gasteiger partial charge in [-0.15, -0.1) is 0 Å². The number of amides is 1. The summed E-state index contributed by atoms with van der Waals surface area (Å²) >= 11 is 0. The highest BCUT2D eigenvalue weighted by molar-refractivity contribution is 5.65. The summed E-state index contributed by atoms with van der Waals surface area (Å²) in [6.45, 7) is 1.93. The van der Waals surface area contributed by atoms with Gasteiger partial charge in [-0.2, -0.15) is 0 Å². The van der Waals surface area contributed by atoms with Crippen molar-refractivity contribution in [1.29, 1.82) is 0 Å². The molecule has 1 fully saturated rings. The number of rotatable bonds is 4. The Kier molecular flexibility index (Phi) is 4.91. The number of ether oxygens (including phenoxy) is 1. The highest BCUT2D eigenvalue weighted by atomic mass is 16.5. The van der Waals surface area contributed by atoms with Gasteiger partial charge in [0.2, 0.25) is 0 Å². The van der Waals surface area contributed by atoms with Crippen LogP contribution in [-0.2, 0) is 17.6 Å². The number of nitrogens with zero attached hydrogens (tertiary/aromatic N) is 3. The van der Waals surface area contributed by atoms with Crippen molar-refractivity contribution >= 4 is 11.9 Å². The third-order valence-electron chi connectivity index (χ3n) is 5.20. The van der Waals surface area contributed by atoms with Crippen molar-refractivity contribution in [1.82, 2.24) is 9.88 Å². The molecule has 1 aliphatic carbocycles. The molecule has 0 aromatic carbocycles. The molecule has 1 amide bonds. The summed E-state index contributed by atoms with van der Waals surface area (Å²) < 4.78 is 5.29. The maximum Gasteiger partial charge on any atom is 0.407 e. The Hall–Kier alpha value is -1.86. The zero-order chi connectivity index (χ0) is 17.3. The number of hydrogen-bond acceptors (Lipinski definition) is 5. The monoisotopic (exact) mass is 334 g/mol. The number of anilines is 1. The molecule has 1 saturated heterocycles. The van der Waals surface area contributed by atoms with E-state index in [1.807, 2.05) is 6.07 Å². The second kappa shape index (κ2) is 6.94. The van der Waals surface area contributed by atoms with Crippen LogP contribution in [0.15, 0.2) is 12.1 Å². The second-order valence-electron chi connectivity index (χ2n) is 6.86. The van der Waals surface area contributed by atoms with Crippen LogP contribution in [0.1, 0.15) is 17.7 Å². The number of aromatic nitrogens is 1. The summed E-state index contributed by atoms with van der Waals surface area (Å²) in [6, 6.07) is 4.30. The standard InChI is InChI=1S/C17H26N4O3/c1-20(17(22)23)15-9-21(8-12(15)10-24-2)16-6-3-11-7-13(18)4-5-14(11)19-16/h3,6,12-13,15H,4-5,7-10,18H2,1-2H3,(H,22,23)/t12?,13-,15?/m0/s1. The molecule has 1 aromatic rings. The van der Waals surface area contributed by atoms with E-state index in [1.165, 1.54) is 10.5 Å². The zero-order valence-corrected chi connectivity index (χ0v) is 14.3. The third-order valence-corrected chi connectivity index (χ3v) is 5.20. The first-order valence-electron chi connectivity index (χ1n) is 8.43. The van der Waals surface area contributed by atoms with Crippen molar-refractivity contribution in [2.45, 2.75) is 31.3 Å². The SMILES string of the molecule is COCC1CN(c2ccc3c(n2)CC[C@H](N)C3)CC1N(C)C(=O)O. The van der Waals surface area contributed by atoms with Gasteiger partial charge in [0.05, 0.1) is 12.6 Å². The van der Waals surface area contributed by atoms with Crippen molar-refractivity contribution in [2.75, 3.05) is 38.8 Å². The van der Waals surface area contributed by atoms with Crippen LogP contribution in [0.25, 0.3) is 0 Å². The number of methoxy groups -OCH3 is 1. The summed E-state index contributed by atoms with van der Waals surface area (Å²) in [5, 5.41) is 9.31. The zero-order valence-electron chi connectivity index (χ0n) is 14.3. The molecule has 0 radical (unpaired) electrons. The van der Waals surface area contributed by atoms with Crippen LogP contribution < -0.4 is 10.6 Å². The lowest BCUT2D eigenvalue weighted by Gasteiger charge is -2.26. The summed E-state index contributed by atoms with van der Waals surface area (Å²) in [7, 11) is 3.28. The van der Waals surface area contributed by atoms with E-state index in [-0.39, 0.29) is 18.0 Å². The van der Waals surface area contributed by atoms with Gasteiger partial charge in [0, 0.05) is 44.9 Å². The third kappa shape index (κ3) is 3.32. The van der Waals surface area contributed by atoms with E-state index in [0.29, 0.717) is 13.2 Å². The molecule has 24 heavy (non-hydrogen) atoms. The summed E-state index contributed by atoms with van der Waals surface area (Å²) in [5.74, 6) is 1.06. The largest absolute Gasteiger partial charge is 0.465 e. The number of nitrogens with two attached hydrogens (primary N) is 1. The lowest BCUT2D eigenvalue weighted by Crippen LogP contribution is -2.42. The lowest BCUT2D eigenvalue weighted by molar-refractivity contribution is 0.0992. The van der Waals surface area contributed by atoms with E-state index in [0.717, 1.165) is 37.3 Å². The van der Waals surface area contributed by atoms with Gasteiger partial charge < -0.3 is 25.4 Å². The first-order chi connectivity index (χ1) is 11.5. The molecule has 1 aliphatic heterocycles. The smallest absolute Gasteiger partial charge is 0.407 e. The van der Waals surface area contributed by atoms with Gasteiger partial charge in [0.25, 0.3) is 0 Å². The minimum Gasteiger partial charge on any atom is -0.465 e. The molecule has 0 bridgehead atoms. The Morgan fingerprint density at radius 1 is 1.50 bits per heavy atom. The van der Waals surface area contributed by atoms with Crippen LogP contribution in [0.4, 0.5) is 10.6 Å². The van der Waals surface area contributed by atoms with Crippen molar-refractivity contribution in [3.05, 3.63) is 23.4 Å². The molecule has 0 saturated carbocycles. The Bertz CT molecular complexity index is 609. The van der Waals surface area contributed by atoms with E-state index >= 15 is 0 Å². The minimum atomic E-state index is -0.907. The summed E-state index contributed by atoms with van der Waals surface area (Å²) in [5.41, 5.74) is 8.40. The summed E-state index contributed by atoms with van der Waals surface area (Å²) in [6.07, 6.45) is 1.87. The van der Waals surface area contributed by atoms with E-state index in [4.69, 9.17) is 15.5 Å². The minimum absolute atomic E-state index is 0.0892. The predicted octanol–water partition coefficient (Wildman–Crippen LogP) is 0.959. The predicted molar refractivity (Wildman–Crippen MR) is 91.4 cm³/mol. The molecular weight excluding hydrogens is 308 g/mol. The van der Waals surface area contributed by atoms with E-state index in [9.17, 15) is 9.90 Å². The first-order valence-corrected chi connectivity index (χ1v) is 8.43. The van der Waals surface area contributed by atoms with Crippen molar-refractivity contribution < 1.29 is 14.6 Å². The normalized spacial score (nSPS) is 26.3. The maximum absolute atomic E-state index is 11.3. The number of carbonyl (C=O) groups is 1.